The number of halogens is 1. The molecule has 0 saturated heterocycles. The van der Waals surface area contributed by atoms with Gasteiger partial charge in [-0.2, -0.15) is 4.98 Å². The molecule has 0 fully saturated rings. The Morgan fingerprint density at radius 1 is 1.29 bits per heavy atom. The Kier molecular flexibility index (Phi) is 3.80. The van der Waals surface area contributed by atoms with Gasteiger partial charge in [0.05, 0.1) is 11.6 Å². The van der Waals surface area contributed by atoms with E-state index in [2.05, 4.69) is 30.9 Å². The van der Waals surface area contributed by atoms with Crippen molar-refractivity contribution in [2.45, 2.75) is 10.1 Å². The van der Waals surface area contributed by atoms with Crippen molar-refractivity contribution in [1.29, 1.82) is 0 Å². The molecule has 17 heavy (non-hydrogen) atoms. The SMILES string of the molecule is COc1ncnc(Sc2ncccc2Br)c1N. The first-order valence-electron chi connectivity index (χ1n) is 4.65. The zero-order valence-electron chi connectivity index (χ0n) is 8.92. The van der Waals surface area contributed by atoms with Crippen molar-refractivity contribution in [2.24, 2.45) is 0 Å². The predicted molar refractivity (Wildman–Crippen MR) is 69.1 cm³/mol. The van der Waals surface area contributed by atoms with Gasteiger partial charge in [0.15, 0.2) is 0 Å². The monoisotopic (exact) mass is 312 g/mol. The Hall–Kier alpha value is -1.34. The lowest BCUT2D eigenvalue weighted by molar-refractivity contribution is 0.397. The smallest absolute Gasteiger partial charge is 0.241 e. The zero-order valence-corrected chi connectivity index (χ0v) is 11.3. The molecule has 0 atom stereocenters. The molecule has 7 heteroatoms. The van der Waals surface area contributed by atoms with E-state index >= 15 is 0 Å². The minimum Gasteiger partial charge on any atom is -0.479 e. The highest BCUT2D eigenvalue weighted by Crippen LogP contribution is 2.35. The van der Waals surface area contributed by atoms with Crippen molar-refractivity contribution in [3.05, 3.63) is 29.1 Å². The number of ether oxygens (including phenoxy) is 1. The molecule has 0 aromatic carbocycles. The molecule has 0 unspecified atom stereocenters. The Labute approximate surface area is 111 Å². The minimum atomic E-state index is 0.370. The number of nitrogens with two attached hydrogens (primary N) is 1. The van der Waals surface area contributed by atoms with E-state index in [9.17, 15) is 0 Å². The minimum absolute atomic E-state index is 0.370. The standard InChI is InChI=1S/C10H9BrN4OS/c1-16-8-7(12)10(15-5-14-8)17-9-6(11)3-2-4-13-9/h2-5H,12H2,1H3. The summed E-state index contributed by atoms with van der Waals surface area (Å²) in [4.78, 5) is 12.3. The molecule has 0 aliphatic carbocycles. The Morgan fingerprint density at radius 3 is 2.82 bits per heavy atom. The summed E-state index contributed by atoms with van der Waals surface area (Å²) < 4.78 is 5.92. The molecule has 2 N–H and O–H groups in total. The van der Waals surface area contributed by atoms with E-state index < -0.39 is 0 Å². The summed E-state index contributed by atoms with van der Waals surface area (Å²) in [6.45, 7) is 0. The van der Waals surface area contributed by atoms with Gasteiger partial charge in [0.25, 0.3) is 0 Å². The molecule has 0 saturated carbocycles. The van der Waals surface area contributed by atoms with Crippen molar-refractivity contribution in [1.82, 2.24) is 15.0 Å². The fourth-order valence-corrected chi connectivity index (χ4v) is 2.40. The summed E-state index contributed by atoms with van der Waals surface area (Å²) in [5.41, 5.74) is 6.29. The van der Waals surface area contributed by atoms with E-state index in [4.69, 9.17) is 10.5 Å². The van der Waals surface area contributed by atoms with Gasteiger partial charge in [-0.25, -0.2) is 9.97 Å². The number of anilines is 1. The van der Waals surface area contributed by atoms with E-state index in [-0.39, 0.29) is 0 Å². The second-order valence-electron chi connectivity index (χ2n) is 2.99. The van der Waals surface area contributed by atoms with Gasteiger partial charge in [-0.15, -0.1) is 0 Å². The number of rotatable bonds is 3. The van der Waals surface area contributed by atoms with Gasteiger partial charge in [-0.05, 0) is 39.8 Å². The number of hydrogen-bond acceptors (Lipinski definition) is 6. The van der Waals surface area contributed by atoms with Crippen LogP contribution < -0.4 is 10.5 Å². The summed E-state index contributed by atoms with van der Waals surface area (Å²) in [5, 5.41) is 1.41. The highest BCUT2D eigenvalue weighted by molar-refractivity contribution is 9.10. The number of nitrogens with zero attached hydrogens (tertiary/aromatic N) is 3. The van der Waals surface area contributed by atoms with Crippen LogP contribution in [0.3, 0.4) is 0 Å². The van der Waals surface area contributed by atoms with Crippen LogP contribution in [0.2, 0.25) is 0 Å². The van der Waals surface area contributed by atoms with Crippen molar-refractivity contribution < 1.29 is 4.74 Å². The summed E-state index contributed by atoms with van der Waals surface area (Å²) in [7, 11) is 1.52. The summed E-state index contributed by atoms with van der Waals surface area (Å²) in [5.74, 6) is 0.370. The normalized spacial score (nSPS) is 10.2. The molecule has 5 nitrogen and oxygen atoms in total. The van der Waals surface area contributed by atoms with E-state index in [1.165, 1.54) is 25.2 Å². The maximum Gasteiger partial charge on any atom is 0.241 e. The molecule has 0 aliphatic rings. The first-order chi connectivity index (χ1) is 8.22. The summed E-state index contributed by atoms with van der Waals surface area (Å²) >= 11 is 4.77. The lowest BCUT2D eigenvalue weighted by atomic mass is 10.5. The van der Waals surface area contributed by atoms with Gasteiger partial charge in [0.2, 0.25) is 5.88 Å². The van der Waals surface area contributed by atoms with E-state index in [0.717, 1.165) is 9.50 Å². The van der Waals surface area contributed by atoms with Crippen LogP contribution in [0.1, 0.15) is 0 Å². The van der Waals surface area contributed by atoms with Gasteiger partial charge in [-0.3, -0.25) is 0 Å². The average Bonchev–Trinajstić information content (AvgIpc) is 2.34. The number of hydrogen-bond donors (Lipinski definition) is 1. The number of methoxy groups -OCH3 is 1. The van der Waals surface area contributed by atoms with Crippen LogP contribution >= 0.6 is 27.7 Å². The molecule has 2 aromatic rings. The second-order valence-corrected chi connectivity index (χ2v) is 4.83. The average molecular weight is 313 g/mol. The third-order valence-electron chi connectivity index (χ3n) is 1.92. The van der Waals surface area contributed by atoms with Crippen LogP contribution in [0, 0.1) is 0 Å². The lowest BCUT2D eigenvalue weighted by Gasteiger charge is -2.07. The van der Waals surface area contributed by atoms with Crippen molar-refractivity contribution >= 4 is 33.4 Å². The Morgan fingerprint density at radius 2 is 2.12 bits per heavy atom. The van der Waals surface area contributed by atoms with Gasteiger partial charge in [-0.1, -0.05) is 0 Å². The van der Waals surface area contributed by atoms with Gasteiger partial charge in [0, 0.05) is 6.20 Å². The van der Waals surface area contributed by atoms with Crippen LogP contribution in [0.4, 0.5) is 5.69 Å². The molecule has 0 spiro atoms. The van der Waals surface area contributed by atoms with Crippen molar-refractivity contribution in [2.75, 3.05) is 12.8 Å². The highest BCUT2D eigenvalue weighted by Gasteiger charge is 2.11. The van der Waals surface area contributed by atoms with E-state index in [0.29, 0.717) is 16.6 Å². The third-order valence-corrected chi connectivity index (χ3v) is 3.86. The maximum atomic E-state index is 5.88. The van der Waals surface area contributed by atoms with Crippen LogP contribution in [0.25, 0.3) is 0 Å². The Balaban J connectivity index is 2.34. The second kappa shape index (κ2) is 5.33. The van der Waals surface area contributed by atoms with Crippen LogP contribution in [-0.4, -0.2) is 22.1 Å². The molecule has 2 rings (SSSR count). The number of aromatic nitrogens is 3. The lowest BCUT2D eigenvalue weighted by Crippen LogP contribution is -1.99. The van der Waals surface area contributed by atoms with Crippen LogP contribution in [0.15, 0.2) is 39.2 Å². The zero-order chi connectivity index (χ0) is 12.3. The van der Waals surface area contributed by atoms with E-state index in [1.807, 2.05) is 12.1 Å². The fourth-order valence-electron chi connectivity index (χ4n) is 1.15. The molecule has 0 aliphatic heterocycles. The summed E-state index contributed by atoms with van der Waals surface area (Å²) in [6, 6.07) is 3.75. The topological polar surface area (TPSA) is 73.9 Å². The highest BCUT2D eigenvalue weighted by atomic mass is 79.9. The van der Waals surface area contributed by atoms with Gasteiger partial charge in [0.1, 0.15) is 22.1 Å². The maximum absolute atomic E-state index is 5.88. The van der Waals surface area contributed by atoms with Crippen LogP contribution in [-0.2, 0) is 0 Å². The fraction of sp³-hybridized carbons (Fsp3) is 0.100. The molecular formula is C10H9BrN4OS. The molecule has 2 heterocycles. The van der Waals surface area contributed by atoms with Gasteiger partial charge >= 0.3 is 0 Å². The molecule has 2 aromatic heterocycles. The molecule has 0 radical (unpaired) electrons. The van der Waals surface area contributed by atoms with Crippen LogP contribution in [0.5, 0.6) is 5.88 Å². The van der Waals surface area contributed by atoms with Crippen molar-refractivity contribution in [3.8, 4) is 5.88 Å². The molecule has 88 valence electrons. The first-order valence-corrected chi connectivity index (χ1v) is 6.26. The van der Waals surface area contributed by atoms with Gasteiger partial charge < -0.3 is 10.5 Å². The van der Waals surface area contributed by atoms with Crippen molar-refractivity contribution in [3.63, 3.8) is 0 Å². The predicted octanol–water partition coefficient (Wildman–Crippen LogP) is 2.38. The molecular weight excluding hydrogens is 304 g/mol. The molecule has 0 amide bonds. The first kappa shape index (κ1) is 12.1. The Bertz CT molecular complexity index is 537. The quantitative estimate of drug-likeness (QED) is 0.877. The number of nitrogen functional groups attached to an aromatic ring is 1. The van der Waals surface area contributed by atoms with E-state index in [1.54, 1.807) is 6.20 Å². The molecule has 0 bridgehead atoms. The largest absolute Gasteiger partial charge is 0.479 e. The number of pyridine rings is 1. The third kappa shape index (κ3) is 2.67. The summed E-state index contributed by atoms with van der Waals surface area (Å²) in [6.07, 6.45) is 3.12.